The minimum absolute atomic E-state index is 0.0846. The largest absolute Gasteiger partial charge is 0.464 e. The van der Waals surface area contributed by atoms with Gasteiger partial charge in [-0.15, -0.1) is 0 Å². The second-order valence-corrected chi connectivity index (χ2v) is 8.55. The lowest BCUT2D eigenvalue weighted by Gasteiger charge is -2.06. The van der Waals surface area contributed by atoms with E-state index in [9.17, 15) is 9.59 Å². The lowest BCUT2D eigenvalue weighted by atomic mass is 10.1. The zero-order valence-corrected chi connectivity index (χ0v) is 20.2. The number of hydrogen-bond acceptors (Lipinski definition) is 5. The van der Waals surface area contributed by atoms with Crippen molar-refractivity contribution in [3.8, 4) is 22.8 Å². The summed E-state index contributed by atoms with van der Waals surface area (Å²) in [6.07, 6.45) is 1.91. The van der Waals surface area contributed by atoms with Crippen LogP contribution in [0.15, 0.2) is 106 Å². The Kier molecular flexibility index (Phi) is 6.94. The van der Waals surface area contributed by atoms with Crippen molar-refractivity contribution in [2.45, 2.75) is 19.9 Å². The molecule has 2 N–H and O–H groups in total. The molecule has 5 aromatic rings. The van der Waals surface area contributed by atoms with Gasteiger partial charge in [0.05, 0.1) is 19.2 Å². The van der Waals surface area contributed by atoms with Crippen LogP contribution in [0.2, 0.25) is 0 Å². The number of benzene rings is 3. The number of furan rings is 1. The maximum atomic E-state index is 12.7. The van der Waals surface area contributed by atoms with Gasteiger partial charge in [-0.1, -0.05) is 42.5 Å². The predicted octanol–water partition coefficient (Wildman–Crippen LogP) is 6.02. The van der Waals surface area contributed by atoms with Gasteiger partial charge >= 0.3 is 0 Å². The molecule has 0 bridgehead atoms. The van der Waals surface area contributed by atoms with Crippen LogP contribution >= 0.6 is 0 Å². The monoisotopic (exact) mass is 491 g/mol. The van der Waals surface area contributed by atoms with Gasteiger partial charge in [0.25, 0.3) is 5.91 Å². The van der Waals surface area contributed by atoms with Crippen molar-refractivity contribution < 1.29 is 18.4 Å². The van der Waals surface area contributed by atoms with Crippen molar-refractivity contribution >= 4 is 17.5 Å². The molecule has 0 aliphatic heterocycles. The van der Waals surface area contributed by atoms with Gasteiger partial charge in [0.2, 0.25) is 11.8 Å². The Morgan fingerprint density at radius 1 is 0.865 bits per heavy atom. The molecule has 2 amide bonds. The van der Waals surface area contributed by atoms with Crippen LogP contribution in [0.1, 0.15) is 27.4 Å². The molecule has 3 aromatic carbocycles. The number of aromatic nitrogens is 1. The number of oxazole rings is 1. The summed E-state index contributed by atoms with van der Waals surface area (Å²) in [6, 6.07) is 27.8. The van der Waals surface area contributed by atoms with Crippen molar-refractivity contribution in [3.05, 3.63) is 120 Å². The fourth-order valence-corrected chi connectivity index (χ4v) is 3.92. The van der Waals surface area contributed by atoms with E-state index in [-0.39, 0.29) is 18.4 Å². The number of carbonyl (C=O) groups is 2. The third-order valence-electron chi connectivity index (χ3n) is 5.86. The van der Waals surface area contributed by atoms with E-state index in [1.807, 2.05) is 85.8 Å². The molecular weight excluding hydrogens is 466 g/mol. The van der Waals surface area contributed by atoms with Gasteiger partial charge in [-0.3, -0.25) is 9.59 Å². The van der Waals surface area contributed by atoms with Crippen LogP contribution in [-0.2, 0) is 17.8 Å². The van der Waals surface area contributed by atoms with E-state index in [4.69, 9.17) is 8.83 Å². The number of nitrogens with zero attached hydrogens (tertiary/aromatic N) is 1. The molecule has 184 valence electrons. The van der Waals surface area contributed by atoms with E-state index in [1.165, 1.54) is 0 Å². The molecule has 37 heavy (non-hydrogen) atoms. The molecule has 0 radical (unpaired) electrons. The molecule has 2 aromatic heterocycles. The maximum Gasteiger partial charge on any atom is 0.251 e. The zero-order valence-electron chi connectivity index (χ0n) is 20.2. The number of rotatable bonds is 8. The highest BCUT2D eigenvalue weighted by Gasteiger charge is 2.14. The Bertz CT molecular complexity index is 1500. The molecule has 0 aliphatic rings. The van der Waals surface area contributed by atoms with Gasteiger partial charge in [0.1, 0.15) is 17.2 Å². The molecule has 7 nitrogen and oxygen atoms in total. The van der Waals surface area contributed by atoms with E-state index in [0.717, 1.165) is 16.7 Å². The second-order valence-electron chi connectivity index (χ2n) is 8.55. The van der Waals surface area contributed by atoms with Crippen molar-refractivity contribution in [2.75, 3.05) is 5.32 Å². The molecule has 7 heteroatoms. The van der Waals surface area contributed by atoms with Gasteiger partial charge in [0, 0.05) is 22.4 Å². The highest BCUT2D eigenvalue weighted by Crippen LogP contribution is 2.24. The summed E-state index contributed by atoms with van der Waals surface area (Å²) in [4.78, 5) is 29.6. The molecule has 5 rings (SSSR count). The van der Waals surface area contributed by atoms with Crippen LogP contribution < -0.4 is 10.6 Å². The Morgan fingerprint density at radius 2 is 1.68 bits per heavy atom. The Hall–Kier alpha value is -4.91. The molecule has 0 unspecified atom stereocenters. The van der Waals surface area contributed by atoms with Gasteiger partial charge in [-0.2, -0.15) is 0 Å². The van der Waals surface area contributed by atoms with Crippen molar-refractivity contribution in [1.82, 2.24) is 10.3 Å². The van der Waals surface area contributed by atoms with Crippen LogP contribution in [0.3, 0.4) is 0 Å². The lowest BCUT2D eigenvalue weighted by molar-refractivity contribution is -0.115. The van der Waals surface area contributed by atoms with E-state index in [1.54, 1.807) is 18.4 Å². The number of anilines is 1. The Labute approximate surface area is 214 Å². The van der Waals surface area contributed by atoms with Gasteiger partial charge in [-0.25, -0.2) is 4.98 Å². The van der Waals surface area contributed by atoms with E-state index in [0.29, 0.717) is 40.8 Å². The summed E-state index contributed by atoms with van der Waals surface area (Å²) < 4.78 is 11.3. The van der Waals surface area contributed by atoms with E-state index in [2.05, 4.69) is 15.6 Å². The third kappa shape index (κ3) is 5.85. The summed E-state index contributed by atoms with van der Waals surface area (Å²) in [5, 5.41) is 5.81. The summed E-state index contributed by atoms with van der Waals surface area (Å²) >= 11 is 0. The van der Waals surface area contributed by atoms with Crippen molar-refractivity contribution in [1.29, 1.82) is 0 Å². The van der Waals surface area contributed by atoms with Crippen molar-refractivity contribution in [3.63, 3.8) is 0 Å². The predicted molar refractivity (Wildman–Crippen MR) is 141 cm³/mol. The number of nitrogens with one attached hydrogen (secondary N) is 2. The molecule has 0 aliphatic carbocycles. The Morgan fingerprint density at radius 3 is 2.43 bits per heavy atom. The molecule has 0 fully saturated rings. The Balaban J connectivity index is 1.20. The second kappa shape index (κ2) is 10.8. The molecule has 0 spiro atoms. The standard InChI is InChI=1S/C30H25N3O4/c1-20-26(19-31-29(35)24-10-5-9-23(18-24)27-11-6-16-36-27)33-30(37-20)22-12-14-25(15-13-22)32-28(34)17-21-7-3-2-4-8-21/h2-16,18H,17,19H2,1H3,(H,31,35)(H,32,34). The smallest absolute Gasteiger partial charge is 0.251 e. The minimum atomic E-state index is -0.215. The average molecular weight is 492 g/mol. The van der Waals surface area contributed by atoms with Gasteiger partial charge in [0.15, 0.2) is 0 Å². The molecule has 0 atom stereocenters. The minimum Gasteiger partial charge on any atom is -0.464 e. The van der Waals surface area contributed by atoms with Gasteiger partial charge in [-0.05, 0) is 61.0 Å². The van der Waals surface area contributed by atoms with Crippen molar-refractivity contribution in [2.24, 2.45) is 0 Å². The maximum absolute atomic E-state index is 12.7. The number of amides is 2. The van der Waals surface area contributed by atoms with Crippen LogP contribution in [0, 0.1) is 6.92 Å². The molecule has 2 heterocycles. The zero-order chi connectivity index (χ0) is 25.6. The lowest BCUT2D eigenvalue weighted by Crippen LogP contribution is -2.23. The highest BCUT2D eigenvalue weighted by molar-refractivity contribution is 5.95. The summed E-state index contributed by atoms with van der Waals surface area (Å²) in [6.45, 7) is 2.04. The fraction of sp³-hybridized carbons (Fsp3) is 0.100. The first-order valence-corrected chi connectivity index (χ1v) is 11.9. The number of hydrogen-bond donors (Lipinski definition) is 2. The molecular formula is C30H25N3O4. The summed E-state index contributed by atoms with van der Waals surface area (Å²) in [5.41, 5.74) is 4.42. The summed E-state index contributed by atoms with van der Waals surface area (Å²) in [5.74, 6) is 1.48. The first-order chi connectivity index (χ1) is 18.0. The van der Waals surface area contributed by atoms with Gasteiger partial charge < -0.3 is 19.5 Å². The summed E-state index contributed by atoms with van der Waals surface area (Å²) in [7, 11) is 0. The fourth-order valence-electron chi connectivity index (χ4n) is 3.92. The molecule has 0 saturated heterocycles. The van der Waals surface area contributed by atoms with Crippen LogP contribution in [-0.4, -0.2) is 16.8 Å². The van der Waals surface area contributed by atoms with Crippen LogP contribution in [0.4, 0.5) is 5.69 Å². The first kappa shape index (κ1) is 23.8. The van der Waals surface area contributed by atoms with Crippen LogP contribution in [0.5, 0.6) is 0 Å². The van der Waals surface area contributed by atoms with E-state index >= 15 is 0 Å². The first-order valence-electron chi connectivity index (χ1n) is 11.9. The topological polar surface area (TPSA) is 97.4 Å². The normalized spacial score (nSPS) is 10.7. The SMILES string of the molecule is Cc1oc(-c2ccc(NC(=O)Cc3ccccc3)cc2)nc1CNC(=O)c1cccc(-c2ccco2)c1. The highest BCUT2D eigenvalue weighted by atomic mass is 16.4. The number of aryl methyl sites for hydroxylation is 1. The average Bonchev–Trinajstić information content (AvgIpc) is 3.59. The van der Waals surface area contributed by atoms with E-state index < -0.39 is 0 Å². The molecule has 0 saturated carbocycles. The quantitative estimate of drug-likeness (QED) is 0.277. The van der Waals surface area contributed by atoms with Crippen LogP contribution in [0.25, 0.3) is 22.8 Å². The third-order valence-corrected chi connectivity index (χ3v) is 5.86. The number of carbonyl (C=O) groups excluding carboxylic acids is 2.